The maximum absolute atomic E-state index is 11.9. The number of terminal acetylenes is 1. The number of benzene rings is 1. The summed E-state index contributed by atoms with van der Waals surface area (Å²) in [7, 11) is 0. The average Bonchev–Trinajstić information content (AvgIpc) is 2.94. The number of hydrogen-bond acceptors (Lipinski definition) is 5. The van der Waals surface area contributed by atoms with E-state index in [1.165, 1.54) is 4.90 Å². The predicted octanol–water partition coefficient (Wildman–Crippen LogP) is 0.532. The molecule has 0 bridgehead atoms. The molecule has 0 unspecified atom stereocenters. The van der Waals surface area contributed by atoms with Gasteiger partial charge in [-0.1, -0.05) is 5.92 Å². The van der Waals surface area contributed by atoms with Gasteiger partial charge in [-0.05, 0) is 12.1 Å². The molecule has 3 rings (SSSR count). The van der Waals surface area contributed by atoms with Crippen molar-refractivity contribution in [2.75, 3.05) is 31.2 Å². The van der Waals surface area contributed by atoms with Gasteiger partial charge in [-0.25, -0.2) is 4.79 Å². The van der Waals surface area contributed by atoms with Crippen molar-refractivity contribution in [3.63, 3.8) is 0 Å². The van der Waals surface area contributed by atoms with Gasteiger partial charge < -0.3 is 19.5 Å². The van der Waals surface area contributed by atoms with E-state index in [0.717, 1.165) is 0 Å². The fraction of sp³-hybridized carbons (Fsp3) is 0.333. The molecule has 22 heavy (non-hydrogen) atoms. The summed E-state index contributed by atoms with van der Waals surface area (Å²) in [5.41, 5.74) is 0.585. The van der Waals surface area contributed by atoms with Gasteiger partial charge in [0.15, 0.2) is 17.6 Å². The summed E-state index contributed by atoms with van der Waals surface area (Å²) in [5, 5.41) is 2.49. The first-order valence-corrected chi connectivity index (χ1v) is 6.78. The van der Waals surface area contributed by atoms with Gasteiger partial charge in [-0.3, -0.25) is 9.69 Å². The normalized spacial score (nSPS) is 19.3. The monoisotopic (exact) mass is 302 g/mol. The Bertz CT molecular complexity index is 652. The van der Waals surface area contributed by atoms with Crippen LogP contribution in [-0.2, 0) is 9.53 Å². The lowest BCUT2D eigenvalue weighted by atomic mass is 10.2. The van der Waals surface area contributed by atoms with Gasteiger partial charge in [0.25, 0.3) is 5.91 Å². The van der Waals surface area contributed by atoms with E-state index in [1.807, 2.05) is 0 Å². The van der Waals surface area contributed by atoms with Gasteiger partial charge >= 0.3 is 6.09 Å². The summed E-state index contributed by atoms with van der Waals surface area (Å²) >= 11 is 0. The third-order valence-corrected chi connectivity index (χ3v) is 3.31. The minimum absolute atomic E-state index is 0.0942. The number of amides is 2. The second kappa shape index (κ2) is 5.85. The highest BCUT2D eigenvalue weighted by atomic mass is 16.6. The molecule has 0 aromatic heterocycles. The van der Waals surface area contributed by atoms with Crippen LogP contribution in [0.25, 0.3) is 0 Å². The molecule has 2 heterocycles. The summed E-state index contributed by atoms with van der Waals surface area (Å²) in [5.74, 6) is 3.08. The molecule has 7 heteroatoms. The second-order valence-electron chi connectivity index (χ2n) is 4.73. The largest absolute Gasteiger partial charge is 0.486 e. The second-order valence-corrected chi connectivity index (χ2v) is 4.73. The molecule has 0 aliphatic carbocycles. The van der Waals surface area contributed by atoms with E-state index in [9.17, 15) is 9.59 Å². The first-order valence-electron chi connectivity index (χ1n) is 6.78. The number of hydrogen-bond donors (Lipinski definition) is 1. The highest BCUT2D eigenvalue weighted by Gasteiger charge is 2.37. The van der Waals surface area contributed by atoms with Crippen molar-refractivity contribution in [2.45, 2.75) is 6.10 Å². The zero-order valence-corrected chi connectivity index (χ0v) is 11.7. The third-order valence-electron chi connectivity index (χ3n) is 3.31. The van der Waals surface area contributed by atoms with Crippen LogP contribution in [0.5, 0.6) is 11.5 Å². The molecule has 0 spiro atoms. The first-order chi connectivity index (χ1) is 10.7. The number of fused-ring (bicyclic) bond motifs is 1. The maximum atomic E-state index is 11.9. The number of nitrogens with one attached hydrogen (secondary N) is 1. The van der Waals surface area contributed by atoms with Crippen LogP contribution in [-0.4, -0.2) is 44.4 Å². The van der Waals surface area contributed by atoms with Crippen LogP contribution in [0.1, 0.15) is 0 Å². The molecule has 1 atom stereocenters. The summed E-state index contributed by atoms with van der Waals surface area (Å²) in [6.45, 7) is 1.17. The smallest absolute Gasteiger partial charge is 0.415 e. The standard InChI is InChI=1S/C15H14N2O5/c1-2-5-16-14(18)13-9-17(15(19)22-13)10-3-4-11-12(8-10)21-7-6-20-11/h1,3-4,8,13H,5-7,9H2,(H,16,18)/t13-/m0/s1. The Morgan fingerprint density at radius 2 is 2.14 bits per heavy atom. The Morgan fingerprint density at radius 1 is 1.36 bits per heavy atom. The van der Waals surface area contributed by atoms with Crippen molar-refractivity contribution in [1.82, 2.24) is 5.32 Å². The highest BCUT2D eigenvalue weighted by Crippen LogP contribution is 2.35. The van der Waals surface area contributed by atoms with Crippen molar-refractivity contribution < 1.29 is 23.8 Å². The zero-order valence-electron chi connectivity index (χ0n) is 11.7. The van der Waals surface area contributed by atoms with E-state index in [-0.39, 0.29) is 13.1 Å². The van der Waals surface area contributed by atoms with Gasteiger partial charge in [-0.2, -0.15) is 0 Å². The number of anilines is 1. The van der Waals surface area contributed by atoms with E-state index in [4.69, 9.17) is 20.6 Å². The van der Waals surface area contributed by atoms with E-state index in [2.05, 4.69) is 11.2 Å². The van der Waals surface area contributed by atoms with Crippen LogP contribution in [0, 0.1) is 12.3 Å². The van der Waals surface area contributed by atoms with Crippen molar-refractivity contribution in [3.05, 3.63) is 18.2 Å². The highest BCUT2D eigenvalue weighted by molar-refractivity contribution is 5.95. The zero-order chi connectivity index (χ0) is 15.5. The third kappa shape index (κ3) is 2.63. The Balaban J connectivity index is 1.74. The lowest BCUT2D eigenvalue weighted by Crippen LogP contribution is -2.37. The molecule has 1 N–H and O–H groups in total. The number of rotatable bonds is 3. The Kier molecular flexibility index (Phi) is 3.74. The minimum atomic E-state index is -0.881. The summed E-state index contributed by atoms with van der Waals surface area (Å²) in [6, 6.07) is 5.14. The van der Waals surface area contributed by atoms with Crippen LogP contribution >= 0.6 is 0 Å². The summed E-state index contributed by atoms with van der Waals surface area (Å²) in [4.78, 5) is 25.1. The fourth-order valence-electron chi connectivity index (χ4n) is 2.26. The molecule has 1 saturated heterocycles. The number of nitrogens with zero attached hydrogens (tertiary/aromatic N) is 1. The summed E-state index contributed by atoms with van der Waals surface area (Å²) < 4.78 is 16.0. The SMILES string of the molecule is C#CCNC(=O)[C@@H]1CN(c2ccc3c(c2)OCCO3)C(=O)O1. The van der Waals surface area contributed by atoms with Gasteiger partial charge in [-0.15, -0.1) is 6.42 Å². The first kappa shape index (κ1) is 14.1. The molecule has 0 saturated carbocycles. The lowest BCUT2D eigenvalue weighted by Gasteiger charge is -2.20. The predicted molar refractivity (Wildman–Crippen MR) is 76.9 cm³/mol. The van der Waals surface area contributed by atoms with Crippen LogP contribution < -0.4 is 19.7 Å². The Hall–Kier alpha value is -2.88. The number of ether oxygens (including phenoxy) is 3. The molecule has 1 fully saturated rings. The van der Waals surface area contributed by atoms with Gasteiger partial charge in [0.1, 0.15) is 13.2 Å². The van der Waals surface area contributed by atoms with Crippen molar-refractivity contribution in [3.8, 4) is 23.8 Å². The van der Waals surface area contributed by atoms with Gasteiger partial charge in [0.2, 0.25) is 0 Å². The Morgan fingerprint density at radius 3 is 2.91 bits per heavy atom. The minimum Gasteiger partial charge on any atom is -0.486 e. The molecule has 7 nitrogen and oxygen atoms in total. The topological polar surface area (TPSA) is 77.1 Å². The number of carbonyl (C=O) groups is 2. The van der Waals surface area contributed by atoms with Crippen molar-refractivity contribution in [2.24, 2.45) is 0 Å². The Labute approximate surface area is 127 Å². The molecule has 2 amide bonds. The van der Waals surface area contributed by atoms with Crippen LogP contribution in [0.2, 0.25) is 0 Å². The van der Waals surface area contributed by atoms with E-state index < -0.39 is 18.1 Å². The molecule has 2 aliphatic heterocycles. The lowest BCUT2D eigenvalue weighted by molar-refractivity contribution is -0.127. The fourth-order valence-corrected chi connectivity index (χ4v) is 2.26. The van der Waals surface area contributed by atoms with E-state index >= 15 is 0 Å². The van der Waals surface area contributed by atoms with Gasteiger partial charge in [0, 0.05) is 6.07 Å². The van der Waals surface area contributed by atoms with E-state index in [0.29, 0.717) is 30.4 Å². The van der Waals surface area contributed by atoms with Crippen LogP contribution in [0.15, 0.2) is 18.2 Å². The molecular formula is C15H14N2O5. The van der Waals surface area contributed by atoms with E-state index in [1.54, 1.807) is 18.2 Å². The van der Waals surface area contributed by atoms with Crippen LogP contribution in [0.3, 0.4) is 0 Å². The molecule has 2 aliphatic rings. The molecular weight excluding hydrogens is 288 g/mol. The molecule has 1 aromatic rings. The molecule has 0 radical (unpaired) electrons. The quantitative estimate of drug-likeness (QED) is 0.824. The van der Waals surface area contributed by atoms with Gasteiger partial charge in [0.05, 0.1) is 18.8 Å². The summed E-state index contributed by atoms with van der Waals surface area (Å²) in [6.07, 6.45) is 3.61. The van der Waals surface area contributed by atoms with Crippen LogP contribution in [0.4, 0.5) is 10.5 Å². The molecule has 1 aromatic carbocycles. The maximum Gasteiger partial charge on any atom is 0.415 e. The average molecular weight is 302 g/mol. The molecule has 114 valence electrons. The van der Waals surface area contributed by atoms with Crippen molar-refractivity contribution >= 4 is 17.7 Å². The van der Waals surface area contributed by atoms with Crippen molar-refractivity contribution in [1.29, 1.82) is 0 Å². The number of cyclic esters (lactones) is 1. The number of carbonyl (C=O) groups excluding carboxylic acids is 2.